The van der Waals surface area contributed by atoms with Gasteiger partial charge in [-0.05, 0) is 49.9 Å². The van der Waals surface area contributed by atoms with Gasteiger partial charge in [0.2, 0.25) is 5.91 Å². The maximum absolute atomic E-state index is 12.9. The van der Waals surface area contributed by atoms with Gasteiger partial charge < -0.3 is 10.6 Å². The summed E-state index contributed by atoms with van der Waals surface area (Å²) in [6.07, 6.45) is 9.69. The van der Waals surface area contributed by atoms with Gasteiger partial charge in [-0.3, -0.25) is 4.79 Å². The molecule has 6 heteroatoms. The number of thiazole rings is 1. The number of amides is 1. The number of para-hydroxylation sites is 1. The van der Waals surface area contributed by atoms with E-state index in [4.69, 9.17) is 4.98 Å². The van der Waals surface area contributed by atoms with Crippen LogP contribution in [0.25, 0.3) is 10.2 Å². The molecule has 0 spiro atoms. The van der Waals surface area contributed by atoms with Crippen LogP contribution in [0.1, 0.15) is 36.6 Å². The number of anilines is 1. The molecule has 0 radical (unpaired) electrons. The SMILES string of the molecule is O=C(NCCCCNc1ccccn1)C1CC=CCC1c1nc2ccccc2s1. The molecule has 0 aliphatic heterocycles. The van der Waals surface area contributed by atoms with Crippen LogP contribution in [0.5, 0.6) is 0 Å². The fourth-order valence-corrected chi connectivity index (χ4v) is 4.85. The van der Waals surface area contributed by atoms with Crippen molar-refractivity contribution in [2.24, 2.45) is 5.92 Å². The number of benzene rings is 1. The smallest absolute Gasteiger partial charge is 0.224 e. The maximum Gasteiger partial charge on any atom is 0.224 e. The van der Waals surface area contributed by atoms with E-state index in [0.717, 1.165) is 48.6 Å². The van der Waals surface area contributed by atoms with E-state index >= 15 is 0 Å². The number of hydrogen-bond acceptors (Lipinski definition) is 5. The van der Waals surface area contributed by atoms with Crippen molar-refractivity contribution in [2.45, 2.75) is 31.6 Å². The average Bonchev–Trinajstić information content (AvgIpc) is 3.21. The summed E-state index contributed by atoms with van der Waals surface area (Å²) in [5.74, 6) is 1.18. The molecular formula is C23H26N4OS. The minimum absolute atomic E-state index is 0.0350. The monoisotopic (exact) mass is 406 g/mol. The van der Waals surface area contributed by atoms with Crippen LogP contribution in [0.15, 0.2) is 60.8 Å². The number of unbranched alkanes of at least 4 members (excludes halogenated alkanes) is 1. The van der Waals surface area contributed by atoms with Crippen LogP contribution in [0.3, 0.4) is 0 Å². The Morgan fingerprint density at radius 1 is 1.03 bits per heavy atom. The Bertz CT molecular complexity index is 936. The zero-order valence-electron chi connectivity index (χ0n) is 16.4. The van der Waals surface area contributed by atoms with E-state index in [0.29, 0.717) is 6.54 Å². The standard InChI is InChI=1S/C23H26N4OS/c28-22(26-16-8-7-15-25-21-13-5-6-14-24-21)17-9-1-2-10-18(17)23-27-19-11-3-4-12-20(19)29-23/h1-6,11-14,17-18H,7-10,15-16H2,(H,24,25)(H,26,28). The van der Waals surface area contributed by atoms with Gasteiger partial charge in [0.05, 0.1) is 21.1 Å². The van der Waals surface area contributed by atoms with Crippen molar-refractivity contribution in [3.05, 3.63) is 65.8 Å². The van der Waals surface area contributed by atoms with Crippen LogP contribution in [-0.2, 0) is 4.79 Å². The van der Waals surface area contributed by atoms with Gasteiger partial charge in [-0.1, -0.05) is 30.4 Å². The van der Waals surface area contributed by atoms with Gasteiger partial charge in [0.15, 0.2) is 0 Å². The molecule has 2 atom stereocenters. The van der Waals surface area contributed by atoms with E-state index < -0.39 is 0 Å². The lowest BCUT2D eigenvalue weighted by molar-refractivity contribution is -0.125. The maximum atomic E-state index is 12.9. The molecule has 2 N–H and O–H groups in total. The van der Waals surface area contributed by atoms with Crippen molar-refractivity contribution in [1.82, 2.24) is 15.3 Å². The third kappa shape index (κ3) is 5.01. The number of allylic oxidation sites excluding steroid dienone is 2. The summed E-state index contributed by atoms with van der Waals surface area (Å²) in [5, 5.41) is 7.52. The fraction of sp³-hybridized carbons (Fsp3) is 0.348. The van der Waals surface area contributed by atoms with E-state index in [1.807, 2.05) is 36.4 Å². The number of carbonyl (C=O) groups is 1. The molecule has 2 unspecified atom stereocenters. The predicted molar refractivity (Wildman–Crippen MR) is 119 cm³/mol. The Balaban J connectivity index is 1.27. The summed E-state index contributed by atoms with van der Waals surface area (Å²) in [5.41, 5.74) is 1.03. The highest BCUT2D eigenvalue weighted by atomic mass is 32.1. The Kier molecular flexibility index (Phi) is 6.52. The van der Waals surface area contributed by atoms with Crippen molar-refractivity contribution < 1.29 is 4.79 Å². The summed E-state index contributed by atoms with van der Waals surface area (Å²) in [4.78, 5) is 21.9. The molecule has 3 aromatic rings. The molecule has 1 aliphatic rings. The Morgan fingerprint density at radius 3 is 2.72 bits per heavy atom. The zero-order chi connectivity index (χ0) is 19.9. The van der Waals surface area contributed by atoms with Gasteiger partial charge in [0.1, 0.15) is 5.82 Å². The second kappa shape index (κ2) is 9.65. The quantitative estimate of drug-likeness (QED) is 0.418. The summed E-state index contributed by atoms with van der Waals surface area (Å²) in [7, 11) is 0. The highest BCUT2D eigenvalue weighted by Gasteiger charge is 2.32. The van der Waals surface area contributed by atoms with Crippen molar-refractivity contribution in [1.29, 1.82) is 0 Å². The lowest BCUT2D eigenvalue weighted by atomic mass is 9.82. The number of pyridine rings is 1. The van der Waals surface area contributed by atoms with Gasteiger partial charge in [-0.25, -0.2) is 9.97 Å². The molecule has 0 bridgehead atoms. The van der Waals surface area contributed by atoms with Crippen molar-refractivity contribution in [2.75, 3.05) is 18.4 Å². The van der Waals surface area contributed by atoms with Gasteiger partial charge in [-0.15, -0.1) is 11.3 Å². The lowest BCUT2D eigenvalue weighted by Crippen LogP contribution is -2.35. The molecule has 2 heterocycles. The van der Waals surface area contributed by atoms with Crippen LogP contribution in [0, 0.1) is 5.92 Å². The summed E-state index contributed by atoms with van der Waals surface area (Å²) in [6, 6.07) is 14.0. The van der Waals surface area contributed by atoms with E-state index in [1.54, 1.807) is 17.5 Å². The highest BCUT2D eigenvalue weighted by molar-refractivity contribution is 7.18. The molecule has 150 valence electrons. The molecule has 2 aromatic heterocycles. The van der Waals surface area contributed by atoms with E-state index in [-0.39, 0.29) is 17.7 Å². The number of rotatable bonds is 8. The first-order valence-electron chi connectivity index (χ1n) is 10.2. The lowest BCUT2D eigenvalue weighted by Gasteiger charge is -2.26. The van der Waals surface area contributed by atoms with Gasteiger partial charge in [0, 0.05) is 25.2 Å². The Morgan fingerprint density at radius 2 is 1.86 bits per heavy atom. The summed E-state index contributed by atoms with van der Waals surface area (Å²) < 4.78 is 1.19. The third-order valence-electron chi connectivity index (χ3n) is 5.27. The fourth-order valence-electron chi connectivity index (χ4n) is 3.70. The molecule has 0 saturated heterocycles. The predicted octanol–water partition coefficient (Wildman–Crippen LogP) is 4.75. The molecule has 29 heavy (non-hydrogen) atoms. The van der Waals surface area contributed by atoms with Crippen LogP contribution in [-0.4, -0.2) is 29.0 Å². The Hall–Kier alpha value is -2.73. The molecule has 1 amide bonds. The second-order valence-corrected chi connectivity index (χ2v) is 8.38. The normalized spacial score (nSPS) is 18.6. The topological polar surface area (TPSA) is 66.9 Å². The number of nitrogens with one attached hydrogen (secondary N) is 2. The summed E-state index contributed by atoms with van der Waals surface area (Å²) in [6.45, 7) is 1.56. The number of hydrogen-bond donors (Lipinski definition) is 2. The first-order valence-corrected chi connectivity index (χ1v) is 11.1. The first kappa shape index (κ1) is 19.6. The molecular weight excluding hydrogens is 380 g/mol. The average molecular weight is 407 g/mol. The second-order valence-electron chi connectivity index (χ2n) is 7.32. The minimum atomic E-state index is -0.0350. The van der Waals surface area contributed by atoms with Crippen LogP contribution < -0.4 is 10.6 Å². The van der Waals surface area contributed by atoms with E-state index in [2.05, 4.69) is 33.8 Å². The van der Waals surface area contributed by atoms with Gasteiger partial charge >= 0.3 is 0 Å². The summed E-state index contributed by atoms with van der Waals surface area (Å²) >= 11 is 1.72. The number of nitrogens with zero attached hydrogens (tertiary/aromatic N) is 2. The van der Waals surface area contributed by atoms with Gasteiger partial charge in [-0.2, -0.15) is 0 Å². The zero-order valence-corrected chi connectivity index (χ0v) is 17.2. The number of carbonyl (C=O) groups excluding carboxylic acids is 1. The van der Waals surface area contributed by atoms with E-state index in [1.165, 1.54) is 4.70 Å². The van der Waals surface area contributed by atoms with Crippen LogP contribution >= 0.6 is 11.3 Å². The number of aromatic nitrogens is 2. The van der Waals surface area contributed by atoms with Crippen molar-refractivity contribution >= 4 is 33.3 Å². The molecule has 1 aromatic carbocycles. The molecule has 5 nitrogen and oxygen atoms in total. The molecule has 4 rings (SSSR count). The highest BCUT2D eigenvalue weighted by Crippen LogP contribution is 2.38. The number of fused-ring (bicyclic) bond motifs is 1. The first-order chi connectivity index (χ1) is 14.3. The van der Waals surface area contributed by atoms with Crippen molar-refractivity contribution in [3.8, 4) is 0 Å². The van der Waals surface area contributed by atoms with Crippen LogP contribution in [0.4, 0.5) is 5.82 Å². The molecule has 0 fully saturated rings. The molecule has 0 saturated carbocycles. The molecule has 1 aliphatic carbocycles. The minimum Gasteiger partial charge on any atom is -0.370 e. The van der Waals surface area contributed by atoms with E-state index in [9.17, 15) is 4.79 Å². The largest absolute Gasteiger partial charge is 0.370 e. The third-order valence-corrected chi connectivity index (χ3v) is 6.44. The Labute approximate surface area is 175 Å². The van der Waals surface area contributed by atoms with Gasteiger partial charge in [0.25, 0.3) is 0 Å². The van der Waals surface area contributed by atoms with Crippen LogP contribution in [0.2, 0.25) is 0 Å². The van der Waals surface area contributed by atoms with Crippen molar-refractivity contribution in [3.63, 3.8) is 0 Å².